The third-order valence-electron chi connectivity index (χ3n) is 2.18. The van der Waals surface area contributed by atoms with Crippen LogP contribution in [0.3, 0.4) is 0 Å². The fraction of sp³-hybridized carbons (Fsp3) is 0.300. The van der Waals surface area contributed by atoms with Crippen LogP contribution in [-0.4, -0.2) is 10.9 Å². The molecule has 68 valence electrons. The van der Waals surface area contributed by atoms with Gasteiger partial charge in [-0.2, -0.15) is 0 Å². The molecule has 1 aromatic carbocycles. The molecule has 1 aliphatic carbocycles. The van der Waals surface area contributed by atoms with Gasteiger partial charge in [0.1, 0.15) is 5.75 Å². The predicted molar refractivity (Wildman–Crippen MR) is 52.9 cm³/mol. The van der Waals surface area contributed by atoms with Crippen molar-refractivity contribution < 1.29 is 9.90 Å². The van der Waals surface area contributed by atoms with E-state index >= 15 is 0 Å². The highest BCUT2D eigenvalue weighted by Crippen LogP contribution is 2.34. The number of Topliss-reactive ketones (excluding diaryl/α,β-unsaturated/α-hetero) is 1. The van der Waals surface area contributed by atoms with Crippen LogP contribution in [0.25, 0.3) is 0 Å². The van der Waals surface area contributed by atoms with Crippen LogP contribution < -0.4 is 0 Å². The SMILES string of the molecule is O=C(c1ccc(O)c(Br)c1)C1CC1. The quantitative estimate of drug-likeness (QED) is 0.808. The lowest BCUT2D eigenvalue weighted by molar-refractivity contribution is 0.0967. The Labute approximate surface area is 84.7 Å². The van der Waals surface area contributed by atoms with E-state index in [0.717, 1.165) is 12.8 Å². The van der Waals surface area contributed by atoms with Gasteiger partial charge in [0, 0.05) is 11.5 Å². The van der Waals surface area contributed by atoms with Crippen LogP contribution in [-0.2, 0) is 0 Å². The lowest BCUT2D eigenvalue weighted by Gasteiger charge is -2.00. The summed E-state index contributed by atoms with van der Waals surface area (Å²) in [6, 6.07) is 4.89. The van der Waals surface area contributed by atoms with Crippen LogP contribution in [0.15, 0.2) is 22.7 Å². The Bertz CT molecular complexity index is 356. The fourth-order valence-corrected chi connectivity index (χ4v) is 1.62. The summed E-state index contributed by atoms with van der Waals surface area (Å²) < 4.78 is 0.582. The summed E-state index contributed by atoms with van der Waals surface area (Å²) in [6.07, 6.45) is 2.02. The molecule has 13 heavy (non-hydrogen) atoms. The lowest BCUT2D eigenvalue weighted by atomic mass is 10.1. The van der Waals surface area contributed by atoms with Gasteiger partial charge in [0.2, 0.25) is 0 Å². The second-order valence-corrected chi connectivity index (χ2v) is 4.16. The molecule has 0 atom stereocenters. The van der Waals surface area contributed by atoms with Crippen molar-refractivity contribution in [1.82, 2.24) is 0 Å². The standard InChI is InChI=1S/C10H9BrO2/c11-8-5-7(3-4-9(8)12)10(13)6-1-2-6/h3-6,12H,1-2H2. The highest BCUT2D eigenvalue weighted by Gasteiger charge is 2.30. The average Bonchev–Trinajstić information content (AvgIpc) is 2.91. The van der Waals surface area contributed by atoms with Crippen molar-refractivity contribution in [2.24, 2.45) is 5.92 Å². The van der Waals surface area contributed by atoms with E-state index < -0.39 is 0 Å². The molecule has 0 bridgehead atoms. The molecule has 0 aromatic heterocycles. The van der Waals surface area contributed by atoms with Crippen molar-refractivity contribution in [3.63, 3.8) is 0 Å². The van der Waals surface area contributed by atoms with Crippen LogP contribution in [0.2, 0.25) is 0 Å². The molecule has 1 fully saturated rings. The highest BCUT2D eigenvalue weighted by molar-refractivity contribution is 9.10. The van der Waals surface area contributed by atoms with Crippen LogP contribution in [0, 0.1) is 5.92 Å². The number of phenols is 1. The molecule has 2 rings (SSSR count). The number of hydrogen-bond acceptors (Lipinski definition) is 2. The second-order valence-electron chi connectivity index (χ2n) is 3.30. The van der Waals surface area contributed by atoms with Gasteiger partial charge < -0.3 is 5.11 Å². The fourth-order valence-electron chi connectivity index (χ4n) is 1.24. The molecule has 1 saturated carbocycles. The maximum absolute atomic E-state index is 11.6. The first-order valence-corrected chi connectivity index (χ1v) is 5.00. The van der Waals surface area contributed by atoms with E-state index in [4.69, 9.17) is 0 Å². The van der Waals surface area contributed by atoms with Gasteiger partial charge in [-0.3, -0.25) is 4.79 Å². The first-order valence-electron chi connectivity index (χ1n) is 4.21. The summed E-state index contributed by atoms with van der Waals surface area (Å²) in [5.74, 6) is 0.601. The number of aromatic hydroxyl groups is 1. The first kappa shape index (κ1) is 8.75. The maximum atomic E-state index is 11.6. The molecule has 0 aliphatic heterocycles. The molecule has 1 N–H and O–H groups in total. The molecular weight excluding hydrogens is 232 g/mol. The number of phenolic OH excluding ortho intramolecular Hbond substituents is 1. The van der Waals surface area contributed by atoms with E-state index in [2.05, 4.69) is 15.9 Å². The number of carbonyl (C=O) groups is 1. The molecule has 0 saturated heterocycles. The Morgan fingerprint density at radius 2 is 2.15 bits per heavy atom. The van der Waals surface area contributed by atoms with Crippen molar-refractivity contribution in [3.05, 3.63) is 28.2 Å². The zero-order valence-electron chi connectivity index (χ0n) is 6.96. The molecule has 0 amide bonds. The van der Waals surface area contributed by atoms with E-state index in [-0.39, 0.29) is 17.5 Å². The van der Waals surface area contributed by atoms with Crippen molar-refractivity contribution in [3.8, 4) is 5.75 Å². The Balaban J connectivity index is 2.30. The van der Waals surface area contributed by atoms with Crippen LogP contribution in [0.4, 0.5) is 0 Å². The minimum absolute atomic E-state index is 0.173. The van der Waals surface area contributed by atoms with Gasteiger partial charge in [-0.15, -0.1) is 0 Å². The number of carbonyl (C=O) groups excluding carboxylic acids is 1. The van der Waals surface area contributed by atoms with Gasteiger partial charge in [0.25, 0.3) is 0 Å². The monoisotopic (exact) mass is 240 g/mol. The van der Waals surface area contributed by atoms with Crippen molar-refractivity contribution in [2.75, 3.05) is 0 Å². The van der Waals surface area contributed by atoms with Gasteiger partial charge in [-0.25, -0.2) is 0 Å². The van der Waals surface area contributed by atoms with E-state index in [9.17, 15) is 9.90 Å². The third-order valence-corrected chi connectivity index (χ3v) is 2.82. The van der Waals surface area contributed by atoms with E-state index in [1.807, 2.05) is 0 Å². The molecule has 0 heterocycles. The molecule has 0 unspecified atom stereocenters. The van der Waals surface area contributed by atoms with E-state index in [1.165, 1.54) is 0 Å². The first-order chi connectivity index (χ1) is 6.18. The predicted octanol–water partition coefficient (Wildman–Crippen LogP) is 2.75. The largest absolute Gasteiger partial charge is 0.507 e. The zero-order chi connectivity index (χ0) is 9.42. The number of hydrogen-bond donors (Lipinski definition) is 1. The molecule has 3 heteroatoms. The maximum Gasteiger partial charge on any atom is 0.165 e. The molecule has 1 aromatic rings. The van der Waals surface area contributed by atoms with E-state index in [0.29, 0.717) is 10.0 Å². The molecule has 1 aliphatic rings. The second kappa shape index (κ2) is 3.14. The number of rotatable bonds is 2. The average molecular weight is 241 g/mol. The molecule has 0 radical (unpaired) electrons. The summed E-state index contributed by atoms with van der Waals surface area (Å²) in [7, 11) is 0. The van der Waals surface area contributed by atoms with Crippen molar-refractivity contribution in [2.45, 2.75) is 12.8 Å². The zero-order valence-corrected chi connectivity index (χ0v) is 8.54. The van der Waals surface area contributed by atoms with Crippen LogP contribution in [0.5, 0.6) is 5.75 Å². The van der Waals surface area contributed by atoms with Crippen molar-refractivity contribution in [1.29, 1.82) is 0 Å². The molecule has 2 nitrogen and oxygen atoms in total. The Kier molecular flexibility index (Phi) is 2.12. The van der Waals surface area contributed by atoms with Gasteiger partial charge in [0.15, 0.2) is 5.78 Å². The smallest absolute Gasteiger partial charge is 0.165 e. The summed E-state index contributed by atoms with van der Waals surface area (Å²) in [4.78, 5) is 11.6. The number of benzene rings is 1. The number of halogens is 1. The normalized spacial score (nSPS) is 15.8. The lowest BCUT2D eigenvalue weighted by Crippen LogP contribution is -2.00. The van der Waals surface area contributed by atoms with Crippen LogP contribution in [0.1, 0.15) is 23.2 Å². The Hall–Kier alpha value is -0.830. The van der Waals surface area contributed by atoms with E-state index in [1.54, 1.807) is 18.2 Å². The topological polar surface area (TPSA) is 37.3 Å². The molecular formula is C10H9BrO2. The van der Waals surface area contributed by atoms with Gasteiger partial charge in [-0.05, 0) is 47.0 Å². The van der Waals surface area contributed by atoms with Gasteiger partial charge >= 0.3 is 0 Å². The van der Waals surface area contributed by atoms with Crippen LogP contribution >= 0.6 is 15.9 Å². The summed E-state index contributed by atoms with van der Waals surface area (Å²) >= 11 is 3.18. The van der Waals surface area contributed by atoms with Gasteiger partial charge in [0.05, 0.1) is 4.47 Å². The van der Waals surface area contributed by atoms with Gasteiger partial charge in [-0.1, -0.05) is 0 Å². The highest BCUT2D eigenvalue weighted by atomic mass is 79.9. The minimum atomic E-state index is 0.173. The third kappa shape index (κ3) is 1.75. The molecule has 0 spiro atoms. The van der Waals surface area contributed by atoms with Crippen molar-refractivity contribution >= 4 is 21.7 Å². The summed E-state index contributed by atoms with van der Waals surface area (Å²) in [5.41, 5.74) is 0.687. The Morgan fingerprint density at radius 3 is 2.69 bits per heavy atom. The number of ketones is 1. The summed E-state index contributed by atoms with van der Waals surface area (Å²) in [6.45, 7) is 0. The summed E-state index contributed by atoms with van der Waals surface area (Å²) in [5, 5.41) is 9.22. The Morgan fingerprint density at radius 1 is 1.46 bits per heavy atom. The minimum Gasteiger partial charge on any atom is -0.507 e.